The molecule has 0 saturated carbocycles. The zero-order chi connectivity index (χ0) is 21.7. The van der Waals surface area contributed by atoms with Gasteiger partial charge in [-0.3, -0.25) is 19.3 Å². The van der Waals surface area contributed by atoms with Gasteiger partial charge in [-0.25, -0.2) is 4.39 Å². The van der Waals surface area contributed by atoms with Crippen LogP contribution in [0.1, 0.15) is 0 Å². The summed E-state index contributed by atoms with van der Waals surface area (Å²) in [5.74, 6) is -0.348. The molecule has 3 heterocycles. The lowest BCUT2D eigenvalue weighted by atomic mass is 10.0. The Morgan fingerprint density at radius 2 is 1.50 bits per heavy atom. The number of nitrogens with zero attached hydrogens (tertiary/aromatic N) is 3. The average Bonchev–Trinajstić information content (AvgIpc) is 2.84. The first kappa shape index (κ1) is 18.4. The van der Waals surface area contributed by atoms with Gasteiger partial charge in [0, 0.05) is 45.9 Å². The number of halogens is 1. The van der Waals surface area contributed by atoms with Gasteiger partial charge < -0.3 is 0 Å². The van der Waals surface area contributed by atoms with Gasteiger partial charge in [0.2, 0.25) is 0 Å². The number of para-hydroxylation sites is 1. The molecule has 0 amide bonds. The molecule has 6 aromatic rings. The second-order valence-corrected chi connectivity index (χ2v) is 7.69. The Morgan fingerprint density at radius 3 is 2.38 bits per heavy atom. The quantitative estimate of drug-likeness (QED) is 0.330. The van der Waals surface area contributed by atoms with E-state index in [0.717, 1.165) is 43.8 Å². The van der Waals surface area contributed by atoms with E-state index in [1.807, 2.05) is 48.7 Å². The van der Waals surface area contributed by atoms with Crippen LogP contribution in [0.15, 0.2) is 102 Å². The number of fused-ring (bicyclic) bond motifs is 4. The SMILES string of the molecule is O=c1ccc2cnc3ccc(-c4cnc5ccccc5c4)cc3c2n1-c1ccc(F)cc1. The van der Waals surface area contributed by atoms with Crippen molar-refractivity contribution in [2.24, 2.45) is 0 Å². The summed E-state index contributed by atoms with van der Waals surface area (Å²) in [6.07, 6.45) is 3.61. The molecule has 0 spiro atoms. The molecule has 0 N–H and O–H groups in total. The average molecular weight is 417 g/mol. The van der Waals surface area contributed by atoms with Crippen LogP contribution in [0.5, 0.6) is 0 Å². The van der Waals surface area contributed by atoms with Crippen molar-refractivity contribution in [3.63, 3.8) is 0 Å². The Bertz CT molecular complexity index is 1710. The van der Waals surface area contributed by atoms with Crippen LogP contribution < -0.4 is 5.56 Å². The molecule has 0 aliphatic heterocycles. The van der Waals surface area contributed by atoms with Crippen molar-refractivity contribution in [3.8, 4) is 16.8 Å². The van der Waals surface area contributed by atoms with Crippen molar-refractivity contribution in [1.82, 2.24) is 14.5 Å². The van der Waals surface area contributed by atoms with Crippen LogP contribution in [0.3, 0.4) is 0 Å². The Labute approximate surface area is 182 Å². The van der Waals surface area contributed by atoms with Crippen LogP contribution in [0.25, 0.3) is 49.5 Å². The molecule has 5 heteroatoms. The van der Waals surface area contributed by atoms with Gasteiger partial charge in [-0.05, 0) is 60.2 Å². The van der Waals surface area contributed by atoms with E-state index in [1.165, 1.54) is 18.2 Å². The van der Waals surface area contributed by atoms with Gasteiger partial charge in [0.1, 0.15) is 5.82 Å². The van der Waals surface area contributed by atoms with Crippen molar-refractivity contribution in [3.05, 3.63) is 113 Å². The maximum atomic E-state index is 13.5. The van der Waals surface area contributed by atoms with Crippen molar-refractivity contribution >= 4 is 32.7 Å². The van der Waals surface area contributed by atoms with E-state index >= 15 is 0 Å². The van der Waals surface area contributed by atoms with Gasteiger partial charge >= 0.3 is 0 Å². The minimum Gasteiger partial charge on any atom is -0.276 e. The van der Waals surface area contributed by atoms with E-state index in [4.69, 9.17) is 0 Å². The molecule has 3 aromatic carbocycles. The molecule has 6 rings (SSSR count). The highest BCUT2D eigenvalue weighted by molar-refractivity contribution is 6.05. The van der Waals surface area contributed by atoms with E-state index in [2.05, 4.69) is 16.0 Å². The van der Waals surface area contributed by atoms with E-state index in [9.17, 15) is 9.18 Å². The number of rotatable bonds is 2. The first-order valence-corrected chi connectivity index (χ1v) is 10.2. The van der Waals surface area contributed by atoms with Crippen molar-refractivity contribution < 1.29 is 4.39 Å². The standard InChI is InChI=1S/C27H16FN3O/c28-21-7-9-22(10-8-21)31-26(32)12-6-19-15-30-25-11-5-17(14-23(25)27(19)31)20-13-18-3-1-2-4-24(18)29-16-20/h1-16H. The molecule has 32 heavy (non-hydrogen) atoms. The van der Waals surface area contributed by atoms with Gasteiger partial charge in [0.15, 0.2) is 0 Å². The molecule has 3 aromatic heterocycles. The number of hydrogen-bond acceptors (Lipinski definition) is 3. The van der Waals surface area contributed by atoms with Gasteiger partial charge in [-0.2, -0.15) is 0 Å². The topological polar surface area (TPSA) is 47.8 Å². The summed E-state index contributed by atoms with van der Waals surface area (Å²) in [6, 6.07) is 25.3. The predicted molar refractivity (Wildman–Crippen MR) is 126 cm³/mol. The number of aromatic nitrogens is 3. The lowest BCUT2D eigenvalue weighted by molar-refractivity contribution is 0.627. The molecule has 0 fully saturated rings. The van der Waals surface area contributed by atoms with E-state index in [1.54, 1.807) is 29.0 Å². The second-order valence-electron chi connectivity index (χ2n) is 7.69. The molecule has 0 bridgehead atoms. The van der Waals surface area contributed by atoms with Crippen molar-refractivity contribution in [1.29, 1.82) is 0 Å². The Balaban J connectivity index is 1.66. The number of benzene rings is 3. The molecule has 152 valence electrons. The first-order valence-electron chi connectivity index (χ1n) is 10.2. The van der Waals surface area contributed by atoms with Crippen LogP contribution in [-0.2, 0) is 0 Å². The van der Waals surface area contributed by atoms with Gasteiger partial charge in [-0.1, -0.05) is 24.3 Å². The summed E-state index contributed by atoms with van der Waals surface area (Å²) in [5, 5.41) is 2.73. The van der Waals surface area contributed by atoms with Crippen LogP contribution in [0.2, 0.25) is 0 Å². The Hall–Kier alpha value is -4.38. The Morgan fingerprint density at radius 1 is 0.688 bits per heavy atom. The fourth-order valence-corrected chi connectivity index (χ4v) is 4.17. The summed E-state index contributed by atoms with van der Waals surface area (Å²) in [6.45, 7) is 0. The predicted octanol–water partition coefficient (Wildman–Crippen LogP) is 5.89. The summed E-state index contributed by atoms with van der Waals surface area (Å²) in [4.78, 5) is 22.1. The fourth-order valence-electron chi connectivity index (χ4n) is 4.17. The van der Waals surface area contributed by atoms with E-state index < -0.39 is 0 Å². The highest BCUT2D eigenvalue weighted by Gasteiger charge is 2.12. The number of pyridine rings is 3. The third-order valence-corrected chi connectivity index (χ3v) is 5.73. The minimum absolute atomic E-state index is 0.186. The van der Waals surface area contributed by atoms with Gasteiger partial charge in [0.25, 0.3) is 5.56 Å². The second kappa shape index (κ2) is 7.10. The van der Waals surface area contributed by atoms with Crippen molar-refractivity contribution in [2.45, 2.75) is 0 Å². The van der Waals surface area contributed by atoms with Crippen LogP contribution >= 0.6 is 0 Å². The monoisotopic (exact) mass is 417 g/mol. The van der Waals surface area contributed by atoms with Crippen LogP contribution in [0.4, 0.5) is 4.39 Å². The van der Waals surface area contributed by atoms with Gasteiger partial charge in [0.05, 0.1) is 16.6 Å². The third kappa shape index (κ3) is 2.94. The summed E-state index contributed by atoms with van der Waals surface area (Å²) >= 11 is 0. The minimum atomic E-state index is -0.348. The fraction of sp³-hybridized carbons (Fsp3) is 0. The molecule has 4 nitrogen and oxygen atoms in total. The zero-order valence-electron chi connectivity index (χ0n) is 16.9. The van der Waals surface area contributed by atoms with E-state index in [0.29, 0.717) is 5.69 Å². The molecule has 0 radical (unpaired) electrons. The summed E-state index contributed by atoms with van der Waals surface area (Å²) in [7, 11) is 0. The zero-order valence-corrected chi connectivity index (χ0v) is 16.9. The first-order chi connectivity index (χ1) is 15.7. The molecule has 0 unspecified atom stereocenters. The highest BCUT2D eigenvalue weighted by Crippen LogP contribution is 2.30. The lowest BCUT2D eigenvalue weighted by Crippen LogP contribution is -2.17. The molecule has 0 aliphatic rings. The molecule has 0 saturated heterocycles. The van der Waals surface area contributed by atoms with E-state index in [-0.39, 0.29) is 11.4 Å². The lowest BCUT2D eigenvalue weighted by Gasteiger charge is -2.13. The Kier molecular flexibility index (Phi) is 4.08. The van der Waals surface area contributed by atoms with Crippen molar-refractivity contribution in [2.75, 3.05) is 0 Å². The molecular formula is C27H16FN3O. The smallest absolute Gasteiger partial charge is 0.255 e. The number of hydrogen-bond donors (Lipinski definition) is 0. The van der Waals surface area contributed by atoms with Crippen LogP contribution in [-0.4, -0.2) is 14.5 Å². The summed E-state index contributed by atoms with van der Waals surface area (Å²) < 4.78 is 15.1. The largest absolute Gasteiger partial charge is 0.276 e. The maximum absolute atomic E-state index is 13.5. The maximum Gasteiger partial charge on any atom is 0.255 e. The highest BCUT2D eigenvalue weighted by atomic mass is 19.1. The molecule has 0 atom stereocenters. The van der Waals surface area contributed by atoms with Crippen LogP contribution in [0, 0.1) is 5.82 Å². The molecular weight excluding hydrogens is 401 g/mol. The summed E-state index contributed by atoms with van der Waals surface area (Å²) in [5.41, 5.74) is 4.83. The molecule has 0 aliphatic carbocycles. The third-order valence-electron chi connectivity index (χ3n) is 5.73. The van der Waals surface area contributed by atoms with Gasteiger partial charge in [-0.15, -0.1) is 0 Å². The normalized spacial score (nSPS) is 11.4.